The van der Waals surface area contributed by atoms with Crippen LogP contribution in [0, 0.1) is 0 Å². The Morgan fingerprint density at radius 2 is 1.59 bits per heavy atom. The Bertz CT molecular complexity index is 1140. The third-order valence-corrected chi connectivity index (χ3v) is 4.74. The summed E-state index contributed by atoms with van der Waals surface area (Å²) < 4.78 is 0. The Labute approximate surface area is 166 Å². The van der Waals surface area contributed by atoms with E-state index in [1.807, 2.05) is 42.5 Å². The molecule has 3 aromatic carbocycles. The van der Waals surface area contributed by atoms with Crippen molar-refractivity contribution in [1.29, 1.82) is 0 Å². The molecule has 0 aliphatic heterocycles. The zero-order chi connectivity index (χ0) is 18.8. The van der Waals surface area contributed by atoms with Gasteiger partial charge in [0.05, 0.1) is 16.2 Å². The highest BCUT2D eigenvalue weighted by Gasteiger charge is 2.14. The van der Waals surface area contributed by atoms with Gasteiger partial charge in [-0.3, -0.25) is 4.79 Å². The van der Waals surface area contributed by atoms with Crippen molar-refractivity contribution in [3.8, 4) is 0 Å². The summed E-state index contributed by atoms with van der Waals surface area (Å²) in [5.74, 6) is 0.500. The number of halogens is 2. The molecule has 0 atom stereocenters. The molecule has 1 heterocycles. The Hall–Kier alpha value is -2.88. The lowest BCUT2D eigenvalue weighted by Crippen LogP contribution is -2.06. The number of carbonyl (C=O) groups is 1. The van der Waals surface area contributed by atoms with Crippen LogP contribution in [0.5, 0.6) is 0 Å². The Morgan fingerprint density at radius 3 is 2.41 bits per heavy atom. The molecule has 3 nitrogen and oxygen atoms in total. The normalized spacial score (nSPS) is 10.7. The average Bonchev–Trinajstić information content (AvgIpc) is 2.69. The number of ketones is 1. The van der Waals surface area contributed by atoms with E-state index < -0.39 is 0 Å². The summed E-state index contributed by atoms with van der Waals surface area (Å²) in [7, 11) is 0. The fourth-order valence-electron chi connectivity index (χ4n) is 2.89. The van der Waals surface area contributed by atoms with Crippen molar-refractivity contribution in [2.45, 2.75) is 0 Å². The Balaban J connectivity index is 1.73. The number of rotatable bonds is 4. The molecule has 0 bridgehead atoms. The van der Waals surface area contributed by atoms with E-state index in [9.17, 15) is 4.79 Å². The largest absolute Gasteiger partial charge is 0.340 e. The number of para-hydroxylation sites is 1. The molecule has 1 aromatic heterocycles. The number of pyridine rings is 1. The van der Waals surface area contributed by atoms with Crippen molar-refractivity contribution in [2.24, 2.45) is 0 Å². The Morgan fingerprint density at radius 1 is 0.852 bits per heavy atom. The summed E-state index contributed by atoms with van der Waals surface area (Å²) in [5.41, 5.74) is 2.59. The van der Waals surface area contributed by atoms with Crippen molar-refractivity contribution >= 4 is 51.4 Å². The van der Waals surface area contributed by atoms with Gasteiger partial charge in [0.1, 0.15) is 5.82 Å². The van der Waals surface area contributed by atoms with Crippen LogP contribution in [0.2, 0.25) is 10.0 Å². The van der Waals surface area contributed by atoms with Gasteiger partial charge in [0, 0.05) is 27.6 Å². The summed E-state index contributed by atoms with van der Waals surface area (Å²) in [5, 5.41) is 5.14. The van der Waals surface area contributed by atoms with Crippen LogP contribution >= 0.6 is 23.2 Å². The van der Waals surface area contributed by atoms with E-state index in [0.29, 0.717) is 32.7 Å². The molecule has 27 heavy (non-hydrogen) atoms. The van der Waals surface area contributed by atoms with E-state index in [-0.39, 0.29) is 5.78 Å². The van der Waals surface area contributed by atoms with Crippen molar-refractivity contribution in [3.05, 3.63) is 100 Å². The van der Waals surface area contributed by atoms with Crippen LogP contribution in [0.1, 0.15) is 15.9 Å². The number of hydrogen-bond acceptors (Lipinski definition) is 3. The fourth-order valence-corrected chi connectivity index (χ4v) is 3.32. The molecular formula is C22H14Cl2N2O. The lowest BCUT2D eigenvalue weighted by atomic mass is 10.0. The SMILES string of the molecule is O=C(c1ccccc1)c1ccccc1Nc1cc(Cl)c2cc(Cl)ccc2n1. The maximum atomic E-state index is 12.9. The van der Waals surface area contributed by atoms with Gasteiger partial charge < -0.3 is 5.32 Å². The summed E-state index contributed by atoms with van der Waals surface area (Å²) in [4.78, 5) is 17.5. The second-order valence-electron chi connectivity index (χ2n) is 6.02. The molecule has 0 aliphatic carbocycles. The van der Waals surface area contributed by atoms with Crippen LogP contribution in [0.25, 0.3) is 10.9 Å². The van der Waals surface area contributed by atoms with Crippen LogP contribution in [0.15, 0.2) is 78.9 Å². The number of nitrogens with one attached hydrogen (secondary N) is 1. The van der Waals surface area contributed by atoms with E-state index in [4.69, 9.17) is 23.2 Å². The average molecular weight is 393 g/mol. The van der Waals surface area contributed by atoms with Crippen molar-refractivity contribution in [3.63, 3.8) is 0 Å². The van der Waals surface area contributed by atoms with Gasteiger partial charge in [-0.05, 0) is 30.3 Å². The van der Waals surface area contributed by atoms with Gasteiger partial charge in [-0.1, -0.05) is 65.7 Å². The topological polar surface area (TPSA) is 42.0 Å². The monoisotopic (exact) mass is 392 g/mol. The third-order valence-electron chi connectivity index (χ3n) is 4.19. The lowest BCUT2D eigenvalue weighted by molar-refractivity contribution is 0.103. The Kier molecular flexibility index (Phi) is 4.80. The molecule has 0 saturated carbocycles. The zero-order valence-electron chi connectivity index (χ0n) is 14.1. The van der Waals surface area contributed by atoms with E-state index in [2.05, 4.69) is 10.3 Å². The first-order valence-corrected chi connectivity index (χ1v) is 9.09. The van der Waals surface area contributed by atoms with Gasteiger partial charge in [0.2, 0.25) is 0 Å². The molecule has 0 aliphatic rings. The molecule has 0 spiro atoms. The first kappa shape index (κ1) is 17.5. The molecule has 0 saturated heterocycles. The molecule has 1 N–H and O–H groups in total. The van der Waals surface area contributed by atoms with Crippen LogP contribution in [-0.2, 0) is 0 Å². The highest BCUT2D eigenvalue weighted by molar-refractivity contribution is 6.37. The van der Waals surface area contributed by atoms with E-state index in [1.54, 1.807) is 36.4 Å². The summed E-state index contributed by atoms with van der Waals surface area (Å²) in [6.07, 6.45) is 0. The number of hydrogen-bond donors (Lipinski definition) is 1. The number of carbonyl (C=O) groups excluding carboxylic acids is 1. The standard InChI is InChI=1S/C22H14Cl2N2O/c23-15-10-11-20-17(12-15)18(24)13-21(26-20)25-19-9-5-4-8-16(19)22(27)14-6-2-1-3-7-14/h1-13H,(H,25,26). The van der Waals surface area contributed by atoms with Crippen LogP contribution in [-0.4, -0.2) is 10.8 Å². The number of anilines is 2. The van der Waals surface area contributed by atoms with E-state index >= 15 is 0 Å². The van der Waals surface area contributed by atoms with Gasteiger partial charge in [0.15, 0.2) is 5.78 Å². The molecular weight excluding hydrogens is 379 g/mol. The maximum Gasteiger partial charge on any atom is 0.195 e. The minimum absolute atomic E-state index is 0.0580. The maximum absolute atomic E-state index is 12.9. The molecule has 4 aromatic rings. The second kappa shape index (κ2) is 7.39. The smallest absolute Gasteiger partial charge is 0.195 e. The quantitative estimate of drug-likeness (QED) is 0.402. The number of fused-ring (bicyclic) bond motifs is 1. The molecule has 132 valence electrons. The number of aromatic nitrogens is 1. The van der Waals surface area contributed by atoms with Crippen LogP contribution in [0.3, 0.4) is 0 Å². The van der Waals surface area contributed by atoms with Gasteiger partial charge >= 0.3 is 0 Å². The minimum atomic E-state index is -0.0580. The predicted molar refractivity (Wildman–Crippen MR) is 111 cm³/mol. The molecule has 0 fully saturated rings. The molecule has 0 unspecified atom stereocenters. The van der Waals surface area contributed by atoms with Crippen molar-refractivity contribution in [2.75, 3.05) is 5.32 Å². The molecule has 4 rings (SSSR count). The van der Waals surface area contributed by atoms with Gasteiger partial charge in [-0.2, -0.15) is 0 Å². The predicted octanol–water partition coefficient (Wildman–Crippen LogP) is 6.52. The number of benzene rings is 3. The molecule has 0 amide bonds. The zero-order valence-corrected chi connectivity index (χ0v) is 15.6. The van der Waals surface area contributed by atoms with Crippen LogP contribution in [0.4, 0.5) is 11.5 Å². The van der Waals surface area contributed by atoms with Gasteiger partial charge in [0.25, 0.3) is 0 Å². The lowest BCUT2D eigenvalue weighted by Gasteiger charge is -2.12. The van der Waals surface area contributed by atoms with Gasteiger partial charge in [-0.15, -0.1) is 0 Å². The molecule has 5 heteroatoms. The van der Waals surface area contributed by atoms with Crippen molar-refractivity contribution in [1.82, 2.24) is 4.98 Å². The van der Waals surface area contributed by atoms with E-state index in [1.165, 1.54) is 0 Å². The highest BCUT2D eigenvalue weighted by Crippen LogP contribution is 2.30. The minimum Gasteiger partial charge on any atom is -0.340 e. The molecule has 0 radical (unpaired) electrons. The third kappa shape index (κ3) is 3.65. The van der Waals surface area contributed by atoms with Crippen molar-refractivity contribution < 1.29 is 4.79 Å². The van der Waals surface area contributed by atoms with Crippen LogP contribution < -0.4 is 5.32 Å². The summed E-state index contributed by atoms with van der Waals surface area (Å²) in [6.45, 7) is 0. The first-order chi connectivity index (χ1) is 13.1. The summed E-state index contributed by atoms with van der Waals surface area (Å²) in [6, 6.07) is 23.6. The fraction of sp³-hybridized carbons (Fsp3) is 0. The van der Waals surface area contributed by atoms with Gasteiger partial charge in [-0.25, -0.2) is 4.98 Å². The highest BCUT2D eigenvalue weighted by atomic mass is 35.5. The van der Waals surface area contributed by atoms with E-state index in [0.717, 1.165) is 10.9 Å². The number of nitrogens with zero attached hydrogens (tertiary/aromatic N) is 1. The second-order valence-corrected chi connectivity index (χ2v) is 6.86. The summed E-state index contributed by atoms with van der Waals surface area (Å²) >= 11 is 12.4. The first-order valence-electron chi connectivity index (χ1n) is 8.33.